The molecule has 114 valence electrons. The maximum atomic E-state index is 12.1. The number of carbonyl (C=O) groups excluding carboxylic acids is 1. The molecule has 1 aliphatic rings. The first-order chi connectivity index (χ1) is 9.88. The van der Waals surface area contributed by atoms with E-state index in [9.17, 15) is 4.79 Å². The second-order valence-corrected chi connectivity index (χ2v) is 6.31. The maximum absolute atomic E-state index is 12.1. The molecule has 2 amide bonds. The molecule has 4 heteroatoms. The number of rotatable bonds is 3. The zero-order valence-electron chi connectivity index (χ0n) is 13.3. The van der Waals surface area contributed by atoms with Gasteiger partial charge in [-0.25, -0.2) is 4.79 Å². The summed E-state index contributed by atoms with van der Waals surface area (Å²) < 4.78 is 5.57. The van der Waals surface area contributed by atoms with E-state index in [0.717, 1.165) is 42.1 Å². The third-order valence-corrected chi connectivity index (χ3v) is 3.73. The normalized spacial score (nSPS) is 15.6. The van der Waals surface area contributed by atoms with Crippen molar-refractivity contribution in [2.75, 3.05) is 25.1 Å². The Balaban J connectivity index is 2.57. The molecule has 1 heterocycles. The minimum atomic E-state index is -0.0780. The highest BCUT2D eigenvalue weighted by molar-refractivity contribution is 5.93. The van der Waals surface area contributed by atoms with Gasteiger partial charge in [-0.05, 0) is 24.0 Å². The fraction of sp³-hybridized carbons (Fsp3) is 0.471. The van der Waals surface area contributed by atoms with Crippen LogP contribution in [0.4, 0.5) is 10.5 Å². The summed E-state index contributed by atoms with van der Waals surface area (Å²) in [5, 5.41) is 2.88. The molecule has 1 fully saturated rings. The highest BCUT2D eigenvalue weighted by Gasteiger charge is 2.25. The van der Waals surface area contributed by atoms with Gasteiger partial charge >= 0.3 is 6.03 Å². The van der Waals surface area contributed by atoms with Crippen LogP contribution in [0, 0.1) is 0 Å². The number of hydrogen-bond acceptors (Lipinski definition) is 2. The lowest BCUT2D eigenvalue weighted by Crippen LogP contribution is -2.46. The summed E-state index contributed by atoms with van der Waals surface area (Å²) in [6, 6.07) is 3.98. The maximum Gasteiger partial charge on any atom is 0.321 e. The topological polar surface area (TPSA) is 41.6 Å². The number of carbonyl (C=O) groups is 1. The van der Waals surface area contributed by atoms with Crippen molar-refractivity contribution in [3.05, 3.63) is 29.8 Å². The summed E-state index contributed by atoms with van der Waals surface area (Å²) in [4.78, 5) is 13.9. The van der Waals surface area contributed by atoms with Crippen LogP contribution in [0.3, 0.4) is 0 Å². The van der Waals surface area contributed by atoms with E-state index in [1.165, 1.54) is 0 Å². The van der Waals surface area contributed by atoms with Crippen molar-refractivity contribution < 1.29 is 9.53 Å². The van der Waals surface area contributed by atoms with Gasteiger partial charge in [-0.1, -0.05) is 33.4 Å². The molecule has 1 aromatic carbocycles. The van der Waals surface area contributed by atoms with Crippen LogP contribution in [-0.2, 0) is 5.41 Å². The third-order valence-electron chi connectivity index (χ3n) is 3.73. The fourth-order valence-electron chi connectivity index (χ4n) is 2.60. The van der Waals surface area contributed by atoms with Crippen molar-refractivity contribution in [1.29, 1.82) is 0 Å². The monoisotopic (exact) mass is 288 g/mol. The Hall–Kier alpha value is -1.97. The van der Waals surface area contributed by atoms with Crippen LogP contribution >= 0.6 is 0 Å². The molecule has 0 bridgehead atoms. The van der Waals surface area contributed by atoms with Crippen molar-refractivity contribution >= 4 is 17.8 Å². The lowest BCUT2D eigenvalue weighted by molar-refractivity contribution is 0.243. The average molecular weight is 288 g/mol. The summed E-state index contributed by atoms with van der Waals surface area (Å²) in [5.41, 5.74) is 2.81. The lowest BCUT2D eigenvalue weighted by Gasteiger charge is -2.31. The summed E-state index contributed by atoms with van der Waals surface area (Å²) in [6.45, 7) is 11.8. The molecule has 0 aromatic heterocycles. The molecule has 1 aromatic rings. The van der Waals surface area contributed by atoms with Crippen LogP contribution in [0.5, 0.6) is 5.75 Å². The summed E-state index contributed by atoms with van der Waals surface area (Å²) >= 11 is 0. The Labute approximate surface area is 126 Å². The number of nitrogens with zero attached hydrogens (tertiary/aromatic N) is 1. The van der Waals surface area contributed by atoms with Crippen LogP contribution in [0.25, 0.3) is 6.08 Å². The Kier molecular flexibility index (Phi) is 4.26. The number of amides is 2. The van der Waals surface area contributed by atoms with Crippen molar-refractivity contribution in [3.8, 4) is 5.75 Å². The van der Waals surface area contributed by atoms with Gasteiger partial charge in [0.05, 0.1) is 7.11 Å². The van der Waals surface area contributed by atoms with Crippen LogP contribution < -0.4 is 15.0 Å². The first-order valence-corrected chi connectivity index (χ1v) is 7.29. The van der Waals surface area contributed by atoms with Gasteiger partial charge in [0.1, 0.15) is 5.75 Å². The third kappa shape index (κ3) is 3.04. The number of ether oxygens (including phenoxy) is 1. The molecule has 0 aliphatic carbocycles. The lowest BCUT2D eigenvalue weighted by atomic mass is 9.84. The Morgan fingerprint density at radius 2 is 2.10 bits per heavy atom. The number of methoxy groups -OCH3 is 1. The molecular weight excluding hydrogens is 264 g/mol. The second-order valence-electron chi connectivity index (χ2n) is 6.31. The zero-order valence-corrected chi connectivity index (χ0v) is 13.3. The number of anilines is 1. The van der Waals surface area contributed by atoms with Crippen LogP contribution in [0.2, 0.25) is 0 Å². The quantitative estimate of drug-likeness (QED) is 0.924. The molecule has 1 saturated heterocycles. The van der Waals surface area contributed by atoms with Gasteiger partial charge in [0.25, 0.3) is 0 Å². The van der Waals surface area contributed by atoms with Crippen molar-refractivity contribution in [3.63, 3.8) is 0 Å². The Bertz CT molecular complexity index is 559. The smallest absolute Gasteiger partial charge is 0.321 e. The highest BCUT2D eigenvalue weighted by atomic mass is 16.5. The molecule has 0 spiro atoms. The minimum Gasteiger partial charge on any atom is -0.496 e. The molecule has 0 saturated carbocycles. The van der Waals surface area contributed by atoms with Crippen molar-refractivity contribution in [1.82, 2.24) is 5.32 Å². The first-order valence-electron chi connectivity index (χ1n) is 7.29. The number of urea groups is 1. The van der Waals surface area contributed by atoms with E-state index in [1.807, 2.05) is 6.07 Å². The van der Waals surface area contributed by atoms with E-state index in [1.54, 1.807) is 18.1 Å². The molecular formula is C17H24N2O2. The molecule has 4 nitrogen and oxygen atoms in total. The van der Waals surface area contributed by atoms with E-state index in [2.05, 4.69) is 38.7 Å². The number of benzene rings is 1. The highest BCUT2D eigenvalue weighted by Crippen LogP contribution is 2.38. The Morgan fingerprint density at radius 1 is 1.38 bits per heavy atom. The van der Waals surface area contributed by atoms with Gasteiger partial charge in [-0.3, -0.25) is 4.90 Å². The van der Waals surface area contributed by atoms with Gasteiger partial charge in [-0.15, -0.1) is 0 Å². The van der Waals surface area contributed by atoms with E-state index in [4.69, 9.17) is 4.74 Å². The number of nitrogens with one attached hydrogen (secondary N) is 1. The minimum absolute atomic E-state index is 0.0405. The SMILES string of the molecule is C=Cc1cc(N2CCCNC2=O)cc(C(C)(C)C)c1OC. The number of hydrogen-bond donors (Lipinski definition) is 1. The summed E-state index contributed by atoms with van der Waals surface area (Å²) in [7, 11) is 1.67. The van der Waals surface area contributed by atoms with Gasteiger partial charge in [0.2, 0.25) is 0 Å². The average Bonchev–Trinajstić information content (AvgIpc) is 2.45. The van der Waals surface area contributed by atoms with Gasteiger partial charge in [-0.2, -0.15) is 0 Å². The van der Waals surface area contributed by atoms with Gasteiger partial charge in [0.15, 0.2) is 0 Å². The molecule has 0 radical (unpaired) electrons. The Morgan fingerprint density at radius 3 is 2.62 bits per heavy atom. The van der Waals surface area contributed by atoms with E-state index >= 15 is 0 Å². The van der Waals surface area contributed by atoms with Gasteiger partial charge in [0, 0.05) is 29.9 Å². The van der Waals surface area contributed by atoms with E-state index in [-0.39, 0.29) is 11.4 Å². The molecule has 21 heavy (non-hydrogen) atoms. The summed E-state index contributed by atoms with van der Waals surface area (Å²) in [6.07, 6.45) is 2.73. The van der Waals surface area contributed by atoms with E-state index in [0.29, 0.717) is 0 Å². The predicted molar refractivity (Wildman–Crippen MR) is 87.1 cm³/mol. The largest absolute Gasteiger partial charge is 0.496 e. The second kappa shape index (κ2) is 5.80. The fourth-order valence-corrected chi connectivity index (χ4v) is 2.60. The zero-order chi connectivity index (χ0) is 15.6. The molecule has 0 unspecified atom stereocenters. The van der Waals surface area contributed by atoms with E-state index < -0.39 is 0 Å². The van der Waals surface area contributed by atoms with Crippen LogP contribution in [0.15, 0.2) is 18.7 Å². The van der Waals surface area contributed by atoms with Gasteiger partial charge < -0.3 is 10.1 Å². The van der Waals surface area contributed by atoms with Crippen LogP contribution in [0.1, 0.15) is 38.3 Å². The molecule has 1 N–H and O–H groups in total. The predicted octanol–water partition coefficient (Wildman–Crippen LogP) is 3.56. The summed E-state index contributed by atoms with van der Waals surface area (Å²) in [5.74, 6) is 0.832. The van der Waals surface area contributed by atoms with Crippen LogP contribution in [-0.4, -0.2) is 26.2 Å². The standard InChI is InChI=1S/C17H24N2O2/c1-6-12-10-13(19-9-7-8-18-16(19)20)11-14(15(12)21-5)17(2,3)4/h6,10-11H,1,7-9H2,2-5H3,(H,18,20). The van der Waals surface area contributed by atoms with Crippen molar-refractivity contribution in [2.24, 2.45) is 0 Å². The van der Waals surface area contributed by atoms with Crippen molar-refractivity contribution in [2.45, 2.75) is 32.6 Å². The molecule has 2 rings (SSSR count). The first kappa shape index (κ1) is 15.4. The molecule has 1 aliphatic heterocycles. The molecule has 0 atom stereocenters.